The average molecular weight is 400 g/mol. The van der Waals surface area contributed by atoms with E-state index in [2.05, 4.69) is 10.3 Å². The minimum Gasteiger partial charge on any atom is -0.322 e. The maximum atomic E-state index is 13.7. The number of aromatic nitrogens is 1. The van der Waals surface area contributed by atoms with Gasteiger partial charge in [0.05, 0.1) is 11.6 Å². The number of benzene rings is 1. The summed E-state index contributed by atoms with van der Waals surface area (Å²) in [4.78, 5) is 30.4. The van der Waals surface area contributed by atoms with Crippen molar-refractivity contribution in [1.82, 2.24) is 9.88 Å². The molecule has 1 atom stereocenters. The Morgan fingerprint density at radius 3 is 2.60 bits per heavy atom. The lowest BCUT2D eigenvalue weighted by atomic mass is 10.2. The van der Waals surface area contributed by atoms with E-state index in [0.29, 0.717) is 11.6 Å². The third-order valence-electron chi connectivity index (χ3n) is 3.59. The number of halogens is 3. The number of anilines is 1. The Bertz CT molecular complexity index is 817. The highest BCUT2D eigenvalue weighted by Gasteiger charge is 2.35. The summed E-state index contributed by atoms with van der Waals surface area (Å²) in [5.74, 6) is -0.615. The highest BCUT2D eigenvalue weighted by molar-refractivity contribution is 7.99. The summed E-state index contributed by atoms with van der Waals surface area (Å²) >= 11 is 13.1. The zero-order valence-corrected chi connectivity index (χ0v) is 15.0. The minimum atomic E-state index is -0.720. The molecule has 0 spiro atoms. The zero-order valence-electron chi connectivity index (χ0n) is 12.7. The largest absolute Gasteiger partial charge is 0.322 e. The van der Waals surface area contributed by atoms with Crippen LogP contribution in [0.3, 0.4) is 0 Å². The Balaban J connectivity index is 1.79. The van der Waals surface area contributed by atoms with Crippen LogP contribution >= 0.6 is 35.0 Å². The van der Waals surface area contributed by atoms with Crippen LogP contribution in [0.4, 0.5) is 10.1 Å². The highest BCUT2D eigenvalue weighted by atomic mass is 35.5. The van der Waals surface area contributed by atoms with Crippen molar-refractivity contribution in [2.24, 2.45) is 0 Å². The molecule has 0 radical (unpaired) electrons. The summed E-state index contributed by atoms with van der Waals surface area (Å²) in [5.41, 5.74) is 0.322. The molecule has 25 heavy (non-hydrogen) atoms. The SMILES string of the molecule is O=C(Nc1ccccc1F)C1CSCN1C(=O)c1cc(Cl)nc(Cl)c1. The smallest absolute Gasteiger partial charge is 0.255 e. The predicted octanol–water partition coefficient (Wildman–Crippen LogP) is 3.68. The van der Waals surface area contributed by atoms with Crippen LogP contribution in [-0.2, 0) is 4.79 Å². The van der Waals surface area contributed by atoms with Crippen molar-refractivity contribution in [3.8, 4) is 0 Å². The van der Waals surface area contributed by atoms with Crippen LogP contribution < -0.4 is 5.32 Å². The molecule has 2 amide bonds. The van der Waals surface area contributed by atoms with E-state index in [0.717, 1.165) is 0 Å². The fourth-order valence-corrected chi connectivity index (χ4v) is 4.01. The molecule has 1 aliphatic heterocycles. The first-order chi connectivity index (χ1) is 12.0. The second-order valence-electron chi connectivity index (χ2n) is 5.26. The number of hydrogen-bond donors (Lipinski definition) is 1. The Hall–Kier alpha value is -1.83. The van der Waals surface area contributed by atoms with E-state index in [4.69, 9.17) is 23.2 Å². The van der Waals surface area contributed by atoms with Crippen molar-refractivity contribution in [3.63, 3.8) is 0 Å². The number of thioether (sulfide) groups is 1. The number of carbonyl (C=O) groups is 2. The second kappa shape index (κ2) is 7.59. The van der Waals surface area contributed by atoms with E-state index in [1.54, 1.807) is 6.07 Å². The molecule has 1 aromatic heterocycles. The van der Waals surface area contributed by atoms with Crippen molar-refractivity contribution in [3.05, 3.63) is 58.1 Å². The van der Waals surface area contributed by atoms with Crippen LogP contribution in [0.25, 0.3) is 0 Å². The molecule has 1 aromatic carbocycles. The number of pyridine rings is 1. The van der Waals surface area contributed by atoms with Gasteiger partial charge in [0.1, 0.15) is 22.2 Å². The first-order valence-corrected chi connectivity index (χ1v) is 9.14. The molecule has 0 aliphatic carbocycles. The molecule has 130 valence electrons. The summed E-state index contributed by atoms with van der Waals surface area (Å²) in [6.45, 7) is 0. The molecular weight excluding hydrogens is 388 g/mol. The van der Waals surface area contributed by atoms with Crippen LogP contribution in [0.2, 0.25) is 10.3 Å². The molecule has 1 unspecified atom stereocenters. The lowest BCUT2D eigenvalue weighted by Crippen LogP contribution is -2.44. The molecule has 2 heterocycles. The van der Waals surface area contributed by atoms with E-state index in [1.165, 1.54) is 47.0 Å². The third kappa shape index (κ3) is 4.05. The number of para-hydroxylation sites is 1. The molecule has 1 fully saturated rings. The Morgan fingerprint density at radius 1 is 1.24 bits per heavy atom. The lowest BCUT2D eigenvalue weighted by Gasteiger charge is -2.23. The van der Waals surface area contributed by atoms with E-state index < -0.39 is 17.8 Å². The fraction of sp³-hybridized carbons (Fsp3) is 0.188. The first kappa shape index (κ1) is 18.0. The van der Waals surface area contributed by atoms with E-state index in [1.807, 2.05) is 0 Å². The monoisotopic (exact) mass is 399 g/mol. The molecule has 3 rings (SSSR count). The summed E-state index contributed by atoms with van der Waals surface area (Å²) in [6.07, 6.45) is 0. The summed E-state index contributed by atoms with van der Waals surface area (Å²) in [6, 6.07) is 7.93. The number of amides is 2. The van der Waals surface area contributed by atoms with Gasteiger partial charge in [0.2, 0.25) is 5.91 Å². The second-order valence-corrected chi connectivity index (χ2v) is 7.04. The molecule has 2 aromatic rings. The Kier molecular flexibility index (Phi) is 5.46. The van der Waals surface area contributed by atoms with Gasteiger partial charge in [-0.1, -0.05) is 35.3 Å². The van der Waals surface area contributed by atoms with Gasteiger partial charge in [-0.15, -0.1) is 11.8 Å². The highest BCUT2D eigenvalue weighted by Crippen LogP contribution is 2.26. The predicted molar refractivity (Wildman–Crippen MR) is 96.6 cm³/mol. The van der Waals surface area contributed by atoms with Gasteiger partial charge in [0.15, 0.2) is 0 Å². The molecule has 1 N–H and O–H groups in total. The molecule has 0 bridgehead atoms. The van der Waals surface area contributed by atoms with Gasteiger partial charge in [0, 0.05) is 11.3 Å². The van der Waals surface area contributed by atoms with Gasteiger partial charge in [-0.3, -0.25) is 9.59 Å². The Morgan fingerprint density at radius 2 is 1.92 bits per heavy atom. The quantitative estimate of drug-likeness (QED) is 0.799. The normalized spacial score (nSPS) is 16.8. The van der Waals surface area contributed by atoms with Gasteiger partial charge < -0.3 is 10.2 Å². The first-order valence-electron chi connectivity index (χ1n) is 7.23. The van der Waals surface area contributed by atoms with Gasteiger partial charge >= 0.3 is 0 Å². The van der Waals surface area contributed by atoms with Crippen LogP contribution in [0, 0.1) is 5.82 Å². The van der Waals surface area contributed by atoms with Gasteiger partial charge in [0.25, 0.3) is 5.91 Å². The number of hydrogen-bond acceptors (Lipinski definition) is 4. The molecule has 1 aliphatic rings. The van der Waals surface area contributed by atoms with E-state index >= 15 is 0 Å². The standard InChI is InChI=1S/C16H12Cl2FN3O2S/c17-13-5-9(6-14(18)21-13)16(24)22-8-25-7-12(22)15(23)20-11-4-2-1-3-10(11)19/h1-6,12H,7-8H2,(H,20,23). The summed E-state index contributed by atoms with van der Waals surface area (Å²) in [5, 5.41) is 2.71. The third-order valence-corrected chi connectivity index (χ3v) is 4.99. The molecule has 5 nitrogen and oxygen atoms in total. The molecule has 9 heteroatoms. The maximum Gasteiger partial charge on any atom is 0.255 e. The van der Waals surface area contributed by atoms with Crippen LogP contribution in [0.1, 0.15) is 10.4 Å². The average Bonchev–Trinajstić information content (AvgIpc) is 3.05. The maximum absolute atomic E-state index is 13.7. The minimum absolute atomic E-state index is 0.0757. The van der Waals surface area contributed by atoms with E-state index in [-0.39, 0.29) is 27.5 Å². The van der Waals surface area contributed by atoms with Gasteiger partial charge in [-0.25, -0.2) is 9.37 Å². The van der Waals surface area contributed by atoms with E-state index in [9.17, 15) is 14.0 Å². The number of rotatable bonds is 3. The molecule has 0 saturated carbocycles. The van der Waals surface area contributed by atoms with Crippen molar-refractivity contribution in [1.29, 1.82) is 0 Å². The van der Waals surface area contributed by atoms with Crippen LogP contribution in [-0.4, -0.2) is 39.4 Å². The number of carbonyl (C=O) groups excluding carboxylic acids is 2. The van der Waals surface area contributed by atoms with Crippen molar-refractivity contribution < 1.29 is 14.0 Å². The Labute approximate surface area is 157 Å². The summed E-state index contributed by atoms with van der Waals surface area (Å²) in [7, 11) is 0. The zero-order chi connectivity index (χ0) is 18.0. The number of nitrogens with zero attached hydrogens (tertiary/aromatic N) is 2. The van der Waals surface area contributed by atoms with Gasteiger partial charge in [-0.05, 0) is 24.3 Å². The van der Waals surface area contributed by atoms with Gasteiger partial charge in [-0.2, -0.15) is 0 Å². The van der Waals surface area contributed by atoms with Crippen LogP contribution in [0.5, 0.6) is 0 Å². The van der Waals surface area contributed by atoms with Crippen LogP contribution in [0.15, 0.2) is 36.4 Å². The van der Waals surface area contributed by atoms with Crippen molar-refractivity contribution in [2.75, 3.05) is 16.9 Å². The lowest BCUT2D eigenvalue weighted by molar-refractivity contribution is -0.119. The fourth-order valence-electron chi connectivity index (χ4n) is 2.39. The van der Waals surface area contributed by atoms with Crippen molar-refractivity contribution >= 4 is 52.5 Å². The molecule has 1 saturated heterocycles. The number of nitrogens with one attached hydrogen (secondary N) is 1. The molecular formula is C16H12Cl2FN3O2S. The summed E-state index contributed by atoms with van der Waals surface area (Å²) < 4.78 is 13.7. The topological polar surface area (TPSA) is 62.3 Å². The van der Waals surface area contributed by atoms with Crippen molar-refractivity contribution in [2.45, 2.75) is 6.04 Å².